The number of likely N-dealkylation sites (tertiary alicyclic amines) is 1. The number of aromatic amines is 1. The van der Waals surface area contributed by atoms with E-state index in [-0.39, 0.29) is 17.8 Å². The van der Waals surface area contributed by atoms with Crippen molar-refractivity contribution in [3.63, 3.8) is 0 Å². The number of methoxy groups -OCH3 is 2. The highest BCUT2D eigenvalue weighted by Gasteiger charge is 2.34. The summed E-state index contributed by atoms with van der Waals surface area (Å²) in [6, 6.07) is 10.9. The van der Waals surface area contributed by atoms with E-state index in [1.807, 2.05) is 0 Å². The number of hydrogen-bond donors (Lipinski definition) is 1. The third-order valence-electron chi connectivity index (χ3n) is 5.07. The number of amides is 1. The van der Waals surface area contributed by atoms with E-state index < -0.39 is 0 Å². The van der Waals surface area contributed by atoms with Crippen LogP contribution in [0.2, 0.25) is 0 Å². The molecule has 2 aromatic carbocycles. The predicted molar refractivity (Wildman–Crippen MR) is 104 cm³/mol. The lowest BCUT2D eigenvalue weighted by atomic mass is 10.1. The Hall–Kier alpha value is -3.42. The molecule has 0 spiro atoms. The van der Waals surface area contributed by atoms with Crippen molar-refractivity contribution in [2.45, 2.75) is 18.9 Å². The van der Waals surface area contributed by atoms with E-state index in [9.17, 15) is 9.18 Å². The van der Waals surface area contributed by atoms with Gasteiger partial charge in [-0.2, -0.15) is 5.10 Å². The molecule has 1 aromatic heterocycles. The molecule has 1 aliphatic rings. The highest BCUT2D eigenvalue weighted by Crippen LogP contribution is 2.34. The van der Waals surface area contributed by atoms with Gasteiger partial charge in [0.2, 0.25) is 0 Å². The second kappa shape index (κ2) is 7.90. The predicted octanol–water partition coefficient (Wildman–Crippen LogP) is 3.61. The highest BCUT2D eigenvalue weighted by atomic mass is 19.1. The van der Waals surface area contributed by atoms with Crippen LogP contribution in [0.1, 0.15) is 35.1 Å². The van der Waals surface area contributed by atoms with Crippen LogP contribution in [0.15, 0.2) is 42.5 Å². The molecule has 1 aliphatic heterocycles. The lowest BCUT2D eigenvalue weighted by molar-refractivity contribution is 0.0726. The minimum Gasteiger partial charge on any atom is -0.497 e. The molecule has 8 heteroatoms. The Labute approximate surface area is 167 Å². The largest absolute Gasteiger partial charge is 0.497 e. The molecule has 1 fully saturated rings. The number of nitrogens with one attached hydrogen (secondary N) is 1. The van der Waals surface area contributed by atoms with Crippen LogP contribution in [0.5, 0.6) is 11.5 Å². The first-order valence-corrected chi connectivity index (χ1v) is 9.32. The third-order valence-corrected chi connectivity index (χ3v) is 5.07. The van der Waals surface area contributed by atoms with Gasteiger partial charge in [-0.15, -0.1) is 0 Å². The zero-order valence-electron chi connectivity index (χ0n) is 16.2. The standard InChI is InChI=1S/C21H21FN4O3/c1-28-15-9-10-16(18(12-15)29-2)21(27)26-11-3-4-17(26)20-23-19(24-25-20)13-5-7-14(22)8-6-13/h5-10,12,17H,3-4,11H2,1-2H3,(H,23,24,25)/t17-/m0/s1. The van der Waals surface area contributed by atoms with E-state index in [2.05, 4.69) is 15.2 Å². The maximum atomic E-state index is 13.2. The first-order chi connectivity index (χ1) is 14.1. The summed E-state index contributed by atoms with van der Waals surface area (Å²) < 4.78 is 23.7. The average molecular weight is 396 g/mol. The molecule has 0 unspecified atom stereocenters. The second-order valence-corrected chi connectivity index (χ2v) is 6.77. The molecule has 1 saturated heterocycles. The van der Waals surface area contributed by atoms with Crippen LogP contribution in [-0.2, 0) is 0 Å². The van der Waals surface area contributed by atoms with E-state index >= 15 is 0 Å². The molecule has 150 valence electrons. The fraction of sp³-hybridized carbons (Fsp3) is 0.286. The number of benzene rings is 2. The molecule has 0 saturated carbocycles. The van der Waals surface area contributed by atoms with Gasteiger partial charge in [0, 0.05) is 18.2 Å². The van der Waals surface area contributed by atoms with Crippen molar-refractivity contribution in [1.82, 2.24) is 20.1 Å². The minimum absolute atomic E-state index is 0.133. The summed E-state index contributed by atoms with van der Waals surface area (Å²) in [7, 11) is 3.09. The van der Waals surface area contributed by atoms with Crippen molar-refractivity contribution >= 4 is 5.91 Å². The van der Waals surface area contributed by atoms with Crippen molar-refractivity contribution in [3.05, 3.63) is 59.7 Å². The number of hydrogen-bond acceptors (Lipinski definition) is 5. The maximum absolute atomic E-state index is 13.2. The molecule has 1 N–H and O–H groups in total. The summed E-state index contributed by atoms with van der Waals surface area (Å²) in [6.07, 6.45) is 1.64. The van der Waals surface area contributed by atoms with Gasteiger partial charge < -0.3 is 14.4 Å². The molecule has 0 aliphatic carbocycles. The summed E-state index contributed by atoms with van der Waals surface area (Å²) in [6.45, 7) is 0.616. The van der Waals surface area contributed by atoms with Crippen LogP contribution < -0.4 is 9.47 Å². The van der Waals surface area contributed by atoms with Gasteiger partial charge in [0.25, 0.3) is 5.91 Å². The monoisotopic (exact) mass is 396 g/mol. The number of nitrogens with zero attached hydrogens (tertiary/aromatic N) is 3. The third kappa shape index (κ3) is 3.65. The molecule has 1 atom stereocenters. The van der Waals surface area contributed by atoms with Gasteiger partial charge in [0.1, 0.15) is 23.1 Å². The number of carbonyl (C=O) groups excluding carboxylic acids is 1. The number of halogens is 1. The van der Waals surface area contributed by atoms with Crippen LogP contribution in [0.3, 0.4) is 0 Å². The Morgan fingerprint density at radius 3 is 2.69 bits per heavy atom. The lowest BCUT2D eigenvalue weighted by Gasteiger charge is -2.24. The van der Waals surface area contributed by atoms with Gasteiger partial charge in [-0.3, -0.25) is 9.89 Å². The Morgan fingerprint density at radius 1 is 1.17 bits per heavy atom. The van der Waals surface area contributed by atoms with Gasteiger partial charge >= 0.3 is 0 Å². The Balaban J connectivity index is 1.60. The lowest BCUT2D eigenvalue weighted by Crippen LogP contribution is -2.31. The van der Waals surface area contributed by atoms with Crippen LogP contribution in [-0.4, -0.2) is 46.8 Å². The van der Waals surface area contributed by atoms with E-state index in [1.165, 1.54) is 19.2 Å². The normalized spacial score (nSPS) is 16.1. The number of rotatable bonds is 5. The second-order valence-electron chi connectivity index (χ2n) is 6.77. The quantitative estimate of drug-likeness (QED) is 0.713. The molecule has 29 heavy (non-hydrogen) atoms. The number of ether oxygens (including phenoxy) is 2. The SMILES string of the molecule is COc1ccc(C(=O)N2CCC[C@H]2c2nc(-c3ccc(F)cc3)n[nH]2)c(OC)c1. The van der Waals surface area contributed by atoms with Gasteiger partial charge in [-0.25, -0.2) is 9.37 Å². The summed E-state index contributed by atoms with van der Waals surface area (Å²) in [5, 5.41) is 7.19. The van der Waals surface area contributed by atoms with E-state index in [0.717, 1.165) is 12.8 Å². The van der Waals surface area contributed by atoms with Gasteiger partial charge in [0.15, 0.2) is 5.82 Å². The molecule has 7 nitrogen and oxygen atoms in total. The fourth-order valence-corrected chi connectivity index (χ4v) is 3.58. The van der Waals surface area contributed by atoms with Crippen molar-refractivity contribution in [2.24, 2.45) is 0 Å². The summed E-state index contributed by atoms with van der Waals surface area (Å²) in [5.74, 6) is 1.72. The highest BCUT2D eigenvalue weighted by molar-refractivity contribution is 5.97. The first kappa shape index (κ1) is 18.9. The Kier molecular flexibility index (Phi) is 5.16. The summed E-state index contributed by atoms with van der Waals surface area (Å²) in [5.41, 5.74) is 1.18. The van der Waals surface area contributed by atoms with E-state index in [0.29, 0.717) is 40.8 Å². The summed E-state index contributed by atoms with van der Waals surface area (Å²) >= 11 is 0. The molecular formula is C21H21FN4O3. The molecular weight excluding hydrogens is 375 g/mol. The fourth-order valence-electron chi connectivity index (χ4n) is 3.58. The van der Waals surface area contributed by atoms with Gasteiger partial charge in [0.05, 0.1) is 25.8 Å². The Bertz CT molecular complexity index is 1020. The number of aromatic nitrogens is 3. The molecule has 0 bridgehead atoms. The molecule has 4 rings (SSSR count). The topological polar surface area (TPSA) is 80.3 Å². The van der Waals surface area contributed by atoms with Crippen LogP contribution in [0, 0.1) is 5.82 Å². The van der Waals surface area contributed by atoms with Crippen molar-refractivity contribution in [1.29, 1.82) is 0 Å². The van der Waals surface area contributed by atoms with E-state index in [1.54, 1.807) is 42.3 Å². The zero-order valence-corrected chi connectivity index (χ0v) is 16.2. The molecule has 3 aromatic rings. The van der Waals surface area contributed by atoms with Gasteiger partial charge in [-0.05, 0) is 49.2 Å². The first-order valence-electron chi connectivity index (χ1n) is 9.32. The van der Waals surface area contributed by atoms with Crippen LogP contribution in [0.25, 0.3) is 11.4 Å². The smallest absolute Gasteiger partial charge is 0.258 e. The number of H-pyrrole nitrogens is 1. The van der Waals surface area contributed by atoms with Crippen molar-refractivity contribution in [2.75, 3.05) is 20.8 Å². The summed E-state index contributed by atoms with van der Waals surface area (Å²) in [4.78, 5) is 19.6. The van der Waals surface area contributed by atoms with Crippen molar-refractivity contribution in [3.8, 4) is 22.9 Å². The zero-order chi connectivity index (χ0) is 20.4. The average Bonchev–Trinajstić information content (AvgIpc) is 3.42. The van der Waals surface area contributed by atoms with Crippen LogP contribution >= 0.6 is 0 Å². The molecule has 2 heterocycles. The van der Waals surface area contributed by atoms with Crippen LogP contribution in [0.4, 0.5) is 4.39 Å². The molecule has 0 radical (unpaired) electrons. The van der Waals surface area contributed by atoms with Crippen molar-refractivity contribution < 1.29 is 18.7 Å². The van der Waals surface area contributed by atoms with Gasteiger partial charge in [-0.1, -0.05) is 0 Å². The molecule has 1 amide bonds. The maximum Gasteiger partial charge on any atom is 0.258 e. The minimum atomic E-state index is -0.314. The van der Waals surface area contributed by atoms with E-state index in [4.69, 9.17) is 9.47 Å². The number of carbonyl (C=O) groups is 1. The Morgan fingerprint density at radius 2 is 1.97 bits per heavy atom.